The van der Waals surface area contributed by atoms with E-state index in [-0.39, 0.29) is 23.8 Å². The number of rotatable bonds is 7. The third-order valence-electron chi connectivity index (χ3n) is 6.88. The molecule has 3 atom stereocenters. The molecule has 5 rings (SSSR count). The quantitative estimate of drug-likeness (QED) is 0.493. The molecule has 0 saturated heterocycles. The number of imidazole rings is 1. The van der Waals surface area contributed by atoms with Crippen LogP contribution < -0.4 is 5.73 Å². The second-order valence-corrected chi connectivity index (χ2v) is 8.93. The molecule has 2 aliphatic carbocycles. The molecule has 0 spiro atoms. The van der Waals surface area contributed by atoms with E-state index in [0.29, 0.717) is 13.1 Å². The number of hydrogen-bond acceptors (Lipinski definition) is 5. The largest absolute Gasteiger partial charge is 0.508 e. The summed E-state index contributed by atoms with van der Waals surface area (Å²) in [6.45, 7) is 1.00. The minimum atomic E-state index is 0.0211. The summed E-state index contributed by atoms with van der Waals surface area (Å²) in [5.41, 5.74) is 10.1. The Morgan fingerprint density at radius 3 is 2.88 bits per heavy atom. The molecule has 2 aromatic heterocycles. The van der Waals surface area contributed by atoms with Crippen molar-refractivity contribution in [3.05, 3.63) is 101 Å². The molecular formula is C27H31N5O. The first-order chi connectivity index (χ1) is 16.2. The molecule has 0 radical (unpaired) electrons. The molecule has 170 valence electrons. The van der Waals surface area contributed by atoms with Gasteiger partial charge < -0.3 is 15.8 Å². The summed E-state index contributed by atoms with van der Waals surface area (Å²) in [5.74, 6) is 1.50. The molecule has 3 unspecified atom stereocenters. The van der Waals surface area contributed by atoms with Crippen LogP contribution in [-0.4, -0.2) is 25.0 Å². The van der Waals surface area contributed by atoms with E-state index in [1.54, 1.807) is 6.07 Å². The summed E-state index contributed by atoms with van der Waals surface area (Å²) in [7, 11) is 0. The standard InChI is InChI=1S/C27H31N5O/c28-17-19-11-12-22(24(33)16-19)18-32(23-10-4-8-20-9-5-13-29-25(20)23)26(27-30-14-15-31-27)21-6-2-1-3-7-21/h1-3,5-6,9,11-16,21,23,26,33H,4,7-8,10,17-18,28H2,(H,30,31). The van der Waals surface area contributed by atoms with E-state index in [2.05, 4.69) is 40.3 Å². The number of aryl methyl sites for hydroxylation is 1. The van der Waals surface area contributed by atoms with E-state index in [1.165, 1.54) is 5.56 Å². The molecule has 2 aliphatic rings. The highest BCUT2D eigenvalue weighted by Crippen LogP contribution is 2.43. The third-order valence-corrected chi connectivity index (χ3v) is 6.88. The number of aromatic hydroxyl groups is 1. The van der Waals surface area contributed by atoms with Crippen LogP contribution in [0.2, 0.25) is 0 Å². The number of fused-ring (bicyclic) bond motifs is 1. The number of hydrogen-bond donors (Lipinski definition) is 3. The van der Waals surface area contributed by atoms with Gasteiger partial charge in [-0.3, -0.25) is 9.88 Å². The summed E-state index contributed by atoms with van der Waals surface area (Å²) in [4.78, 5) is 15.4. The lowest BCUT2D eigenvalue weighted by atomic mass is 9.85. The first-order valence-corrected chi connectivity index (χ1v) is 11.8. The van der Waals surface area contributed by atoms with Crippen LogP contribution in [0.1, 0.15) is 59.6 Å². The van der Waals surface area contributed by atoms with Crippen molar-refractivity contribution in [2.24, 2.45) is 11.7 Å². The molecular weight excluding hydrogens is 410 g/mol. The van der Waals surface area contributed by atoms with Crippen molar-refractivity contribution in [1.29, 1.82) is 0 Å². The smallest absolute Gasteiger partial charge is 0.124 e. The minimum Gasteiger partial charge on any atom is -0.508 e. The van der Waals surface area contributed by atoms with Gasteiger partial charge in [0.1, 0.15) is 11.6 Å². The van der Waals surface area contributed by atoms with E-state index in [9.17, 15) is 5.11 Å². The van der Waals surface area contributed by atoms with Gasteiger partial charge in [-0.15, -0.1) is 0 Å². The van der Waals surface area contributed by atoms with Crippen LogP contribution in [-0.2, 0) is 19.5 Å². The number of aromatic amines is 1. The highest BCUT2D eigenvalue weighted by molar-refractivity contribution is 5.37. The summed E-state index contributed by atoms with van der Waals surface area (Å²) in [6.07, 6.45) is 18.5. The Morgan fingerprint density at radius 1 is 1.18 bits per heavy atom. The van der Waals surface area contributed by atoms with Crippen LogP contribution in [0.25, 0.3) is 0 Å². The molecule has 6 nitrogen and oxygen atoms in total. The van der Waals surface area contributed by atoms with Crippen molar-refractivity contribution in [2.45, 2.75) is 50.9 Å². The number of pyridine rings is 1. The molecule has 0 amide bonds. The van der Waals surface area contributed by atoms with Gasteiger partial charge >= 0.3 is 0 Å². The fraction of sp³-hybridized carbons (Fsp3) is 0.333. The van der Waals surface area contributed by atoms with Gasteiger partial charge in [-0.25, -0.2) is 4.98 Å². The summed E-state index contributed by atoms with van der Waals surface area (Å²) < 4.78 is 0. The lowest BCUT2D eigenvalue weighted by Crippen LogP contribution is -2.38. The van der Waals surface area contributed by atoms with Crippen molar-refractivity contribution >= 4 is 0 Å². The molecule has 1 aromatic carbocycles. The van der Waals surface area contributed by atoms with Crippen molar-refractivity contribution in [3.63, 3.8) is 0 Å². The number of H-pyrrole nitrogens is 1. The van der Waals surface area contributed by atoms with Crippen LogP contribution in [0, 0.1) is 5.92 Å². The second-order valence-electron chi connectivity index (χ2n) is 8.93. The van der Waals surface area contributed by atoms with Crippen LogP contribution in [0.5, 0.6) is 5.75 Å². The Labute approximate surface area is 194 Å². The fourth-order valence-corrected chi connectivity index (χ4v) is 5.26. The van der Waals surface area contributed by atoms with Gasteiger partial charge in [-0.05, 0) is 48.9 Å². The number of nitrogens with two attached hydrogens (primary N) is 1. The molecule has 0 aliphatic heterocycles. The number of nitrogens with one attached hydrogen (secondary N) is 1. The minimum absolute atomic E-state index is 0.0211. The highest BCUT2D eigenvalue weighted by Gasteiger charge is 2.37. The van der Waals surface area contributed by atoms with Crippen molar-refractivity contribution in [3.8, 4) is 5.75 Å². The number of aromatic nitrogens is 3. The number of allylic oxidation sites excluding steroid dienone is 3. The highest BCUT2D eigenvalue weighted by atomic mass is 16.3. The molecule has 3 aromatic rings. The van der Waals surface area contributed by atoms with Crippen LogP contribution in [0.3, 0.4) is 0 Å². The summed E-state index contributed by atoms with van der Waals surface area (Å²) in [6, 6.07) is 10.2. The van der Waals surface area contributed by atoms with E-state index in [4.69, 9.17) is 15.7 Å². The van der Waals surface area contributed by atoms with Gasteiger partial charge in [0.2, 0.25) is 0 Å². The average molecular weight is 442 g/mol. The zero-order valence-electron chi connectivity index (χ0n) is 18.8. The van der Waals surface area contributed by atoms with Gasteiger partial charge in [-0.1, -0.05) is 42.5 Å². The van der Waals surface area contributed by atoms with Gasteiger partial charge in [0.15, 0.2) is 0 Å². The predicted octanol–water partition coefficient (Wildman–Crippen LogP) is 4.72. The lowest BCUT2D eigenvalue weighted by molar-refractivity contribution is 0.0752. The fourth-order valence-electron chi connectivity index (χ4n) is 5.26. The monoisotopic (exact) mass is 441 g/mol. The number of phenolic OH excluding ortho intramolecular Hbond substituents is 1. The number of nitrogens with zero attached hydrogens (tertiary/aromatic N) is 3. The van der Waals surface area contributed by atoms with E-state index in [0.717, 1.165) is 48.3 Å². The van der Waals surface area contributed by atoms with Crippen molar-refractivity contribution in [2.75, 3.05) is 0 Å². The average Bonchev–Trinajstić information content (AvgIpc) is 3.39. The summed E-state index contributed by atoms with van der Waals surface area (Å²) in [5, 5.41) is 10.8. The normalized spacial score (nSPS) is 20.7. The van der Waals surface area contributed by atoms with E-state index >= 15 is 0 Å². The Kier molecular flexibility index (Phi) is 6.37. The Bertz CT molecular complexity index is 1140. The van der Waals surface area contributed by atoms with E-state index in [1.807, 2.05) is 36.8 Å². The SMILES string of the molecule is NCc1ccc(CN(C2CCCc3cccnc32)C(c2ncc[nH]2)C2C=CC=CC2)c(O)c1. The van der Waals surface area contributed by atoms with Crippen LogP contribution in [0.4, 0.5) is 0 Å². The third kappa shape index (κ3) is 4.49. The molecule has 6 heteroatoms. The maximum Gasteiger partial charge on any atom is 0.124 e. The Balaban J connectivity index is 1.60. The Hall–Kier alpha value is -3.22. The second kappa shape index (κ2) is 9.73. The molecule has 33 heavy (non-hydrogen) atoms. The van der Waals surface area contributed by atoms with Gasteiger partial charge in [0.25, 0.3) is 0 Å². The molecule has 2 heterocycles. The maximum absolute atomic E-state index is 10.8. The first-order valence-electron chi connectivity index (χ1n) is 11.8. The van der Waals surface area contributed by atoms with Crippen molar-refractivity contribution < 1.29 is 5.11 Å². The molecule has 0 saturated carbocycles. The first kappa shape index (κ1) is 21.6. The van der Waals surface area contributed by atoms with Crippen LogP contribution >= 0.6 is 0 Å². The maximum atomic E-state index is 10.8. The number of benzene rings is 1. The van der Waals surface area contributed by atoms with Gasteiger partial charge in [0.05, 0.1) is 17.8 Å². The molecule has 0 fully saturated rings. The molecule has 0 bridgehead atoms. The molecule has 4 N–H and O–H groups in total. The van der Waals surface area contributed by atoms with Gasteiger partial charge in [-0.2, -0.15) is 0 Å². The Morgan fingerprint density at radius 2 is 2.12 bits per heavy atom. The zero-order chi connectivity index (χ0) is 22.6. The predicted molar refractivity (Wildman–Crippen MR) is 129 cm³/mol. The summed E-state index contributed by atoms with van der Waals surface area (Å²) >= 11 is 0. The lowest BCUT2D eigenvalue weighted by Gasteiger charge is -2.42. The number of phenols is 1. The van der Waals surface area contributed by atoms with Crippen molar-refractivity contribution in [1.82, 2.24) is 19.9 Å². The zero-order valence-corrected chi connectivity index (χ0v) is 18.8. The van der Waals surface area contributed by atoms with Crippen LogP contribution in [0.15, 0.2) is 73.2 Å². The van der Waals surface area contributed by atoms with Gasteiger partial charge in [0, 0.05) is 43.2 Å². The van der Waals surface area contributed by atoms with E-state index < -0.39 is 0 Å². The topological polar surface area (TPSA) is 91.1 Å².